The SMILES string of the molecule is COCC1(C(=O)Nc2cc(C(=O)O)cc(S(C)(=O)=O)c2)CCC1. The number of anilines is 1. The van der Waals surface area contributed by atoms with Crippen molar-refractivity contribution in [3.63, 3.8) is 0 Å². The minimum absolute atomic E-state index is 0.151. The van der Waals surface area contributed by atoms with Crippen molar-refractivity contribution in [1.29, 1.82) is 0 Å². The molecule has 1 fully saturated rings. The van der Waals surface area contributed by atoms with Gasteiger partial charge in [0.05, 0.1) is 22.5 Å². The number of ether oxygens (including phenoxy) is 1. The molecule has 0 atom stereocenters. The van der Waals surface area contributed by atoms with Crippen LogP contribution in [0.3, 0.4) is 0 Å². The third kappa shape index (κ3) is 3.70. The van der Waals surface area contributed by atoms with Crippen LogP contribution in [0.5, 0.6) is 0 Å². The van der Waals surface area contributed by atoms with E-state index in [-0.39, 0.29) is 28.7 Å². The average Bonchev–Trinajstić information content (AvgIpc) is 2.41. The summed E-state index contributed by atoms with van der Waals surface area (Å²) in [6, 6.07) is 3.58. The van der Waals surface area contributed by atoms with E-state index in [9.17, 15) is 18.0 Å². The second kappa shape index (κ2) is 6.29. The predicted octanol–water partition coefficient (Wildman–Crippen LogP) is 1.54. The first kappa shape index (κ1) is 17.4. The highest BCUT2D eigenvalue weighted by molar-refractivity contribution is 7.90. The van der Waals surface area contributed by atoms with Crippen molar-refractivity contribution < 1.29 is 27.9 Å². The first-order chi connectivity index (χ1) is 10.7. The summed E-state index contributed by atoms with van der Waals surface area (Å²) in [6.07, 6.45) is 3.27. The van der Waals surface area contributed by atoms with Gasteiger partial charge in [0.2, 0.25) is 5.91 Å². The summed E-state index contributed by atoms with van der Waals surface area (Å²) in [4.78, 5) is 23.5. The number of methoxy groups -OCH3 is 1. The summed E-state index contributed by atoms with van der Waals surface area (Å²) in [7, 11) is -2.08. The van der Waals surface area contributed by atoms with E-state index in [0.717, 1.165) is 18.7 Å². The molecule has 2 N–H and O–H groups in total. The summed E-state index contributed by atoms with van der Waals surface area (Å²) < 4.78 is 28.5. The predicted molar refractivity (Wildman–Crippen MR) is 83.3 cm³/mol. The molecule has 1 aromatic carbocycles. The summed E-state index contributed by atoms with van der Waals surface area (Å²) in [5, 5.41) is 11.7. The topological polar surface area (TPSA) is 110 Å². The van der Waals surface area contributed by atoms with Gasteiger partial charge >= 0.3 is 5.97 Å². The minimum atomic E-state index is -3.59. The molecule has 0 aliphatic heterocycles. The molecule has 1 aliphatic carbocycles. The number of carboxylic acid groups (broad SMARTS) is 1. The number of carbonyl (C=O) groups is 2. The number of hydrogen-bond donors (Lipinski definition) is 2. The van der Waals surface area contributed by atoms with Crippen LogP contribution in [-0.2, 0) is 19.4 Å². The molecule has 0 spiro atoms. The summed E-state index contributed by atoms with van der Waals surface area (Å²) in [5.74, 6) is -1.55. The zero-order valence-corrected chi connectivity index (χ0v) is 13.8. The molecule has 1 aromatic rings. The Morgan fingerprint density at radius 2 is 1.96 bits per heavy atom. The minimum Gasteiger partial charge on any atom is -0.478 e. The molecule has 126 valence electrons. The fourth-order valence-electron chi connectivity index (χ4n) is 2.59. The fraction of sp³-hybridized carbons (Fsp3) is 0.467. The van der Waals surface area contributed by atoms with E-state index in [1.165, 1.54) is 19.2 Å². The molecule has 23 heavy (non-hydrogen) atoms. The van der Waals surface area contributed by atoms with Crippen LogP contribution in [0.15, 0.2) is 23.1 Å². The summed E-state index contributed by atoms with van der Waals surface area (Å²) in [6.45, 7) is 0.274. The normalized spacial score (nSPS) is 16.4. The quantitative estimate of drug-likeness (QED) is 0.812. The standard InChI is InChI=1S/C15H19NO6S/c1-22-9-15(4-3-5-15)14(19)16-11-6-10(13(17)18)7-12(8-11)23(2,20)21/h6-8H,3-5,9H2,1-2H3,(H,16,19)(H,17,18). The largest absolute Gasteiger partial charge is 0.478 e. The van der Waals surface area contributed by atoms with E-state index in [1.807, 2.05) is 0 Å². The molecular formula is C15H19NO6S. The van der Waals surface area contributed by atoms with Crippen LogP contribution in [-0.4, -0.2) is 45.4 Å². The Balaban J connectivity index is 2.34. The summed E-state index contributed by atoms with van der Waals surface area (Å²) in [5.41, 5.74) is -0.672. The number of hydrogen-bond acceptors (Lipinski definition) is 5. The lowest BCUT2D eigenvalue weighted by Crippen LogP contribution is -2.45. The monoisotopic (exact) mass is 341 g/mol. The van der Waals surface area contributed by atoms with E-state index in [0.29, 0.717) is 12.8 Å². The number of amides is 1. The number of carboxylic acids is 1. The third-order valence-corrected chi connectivity index (χ3v) is 5.14. The second-order valence-corrected chi connectivity index (χ2v) is 7.86. The van der Waals surface area contributed by atoms with Gasteiger partial charge in [0, 0.05) is 19.1 Å². The number of nitrogens with one attached hydrogen (secondary N) is 1. The van der Waals surface area contributed by atoms with E-state index in [1.54, 1.807) is 0 Å². The van der Waals surface area contributed by atoms with Gasteiger partial charge in [-0.05, 0) is 31.0 Å². The molecule has 0 saturated heterocycles. The lowest BCUT2D eigenvalue weighted by atomic mass is 9.68. The third-order valence-electron chi connectivity index (χ3n) is 4.05. The smallest absolute Gasteiger partial charge is 0.335 e. The molecule has 0 unspecified atom stereocenters. The van der Waals surface area contributed by atoms with E-state index >= 15 is 0 Å². The molecule has 0 heterocycles. The first-order valence-corrected chi connectivity index (χ1v) is 8.96. The van der Waals surface area contributed by atoms with Crippen LogP contribution in [0.1, 0.15) is 29.6 Å². The number of rotatable bonds is 6. The Labute approximate surface area is 134 Å². The van der Waals surface area contributed by atoms with Crippen molar-refractivity contribution in [2.75, 3.05) is 25.3 Å². The number of sulfone groups is 1. The Morgan fingerprint density at radius 3 is 2.39 bits per heavy atom. The maximum atomic E-state index is 12.5. The number of benzene rings is 1. The van der Waals surface area contributed by atoms with Gasteiger partial charge in [-0.15, -0.1) is 0 Å². The van der Waals surface area contributed by atoms with E-state index < -0.39 is 21.2 Å². The zero-order valence-electron chi connectivity index (χ0n) is 13.0. The van der Waals surface area contributed by atoms with E-state index in [4.69, 9.17) is 9.84 Å². The van der Waals surface area contributed by atoms with Gasteiger partial charge in [-0.2, -0.15) is 0 Å². The van der Waals surface area contributed by atoms with Crippen molar-refractivity contribution in [3.8, 4) is 0 Å². The van der Waals surface area contributed by atoms with Crippen LogP contribution >= 0.6 is 0 Å². The molecule has 2 rings (SSSR count). The average molecular weight is 341 g/mol. The van der Waals surface area contributed by atoms with Gasteiger partial charge in [-0.3, -0.25) is 4.79 Å². The Bertz CT molecular complexity index is 736. The molecule has 0 radical (unpaired) electrons. The van der Waals surface area contributed by atoms with Gasteiger partial charge in [-0.25, -0.2) is 13.2 Å². The Kier molecular flexibility index (Phi) is 4.76. The van der Waals surface area contributed by atoms with Crippen LogP contribution in [0.2, 0.25) is 0 Å². The van der Waals surface area contributed by atoms with Crippen molar-refractivity contribution in [2.45, 2.75) is 24.2 Å². The fourth-order valence-corrected chi connectivity index (χ4v) is 3.27. The Hall–Kier alpha value is -1.93. The second-order valence-electron chi connectivity index (χ2n) is 5.84. The first-order valence-electron chi connectivity index (χ1n) is 7.07. The van der Waals surface area contributed by atoms with Crippen molar-refractivity contribution in [3.05, 3.63) is 23.8 Å². The van der Waals surface area contributed by atoms with Gasteiger partial charge in [0.1, 0.15) is 0 Å². The summed E-state index contributed by atoms with van der Waals surface area (Å²) >= 11 is 0. The molecule has 8 heteroatoms. The lowest BCUT2D eigenvalue weighted by molar-refractivity contribution is -0.134. The molecule has 1 amide bonds. The number of aromatic carboxylic acids is 1. The molecule has 7 nitrogen and oxygen atoms in total. The molecular weight excluding hydrogens is 322 g/mol. The molecule has 1 aliphatic rings. The van der Waals surface area contributed by atoms with Crippen LogP contribution in [0.25, 0.3) is 0 Å². The molecule has 0 aromatic heterocycles. The highest BCUT2D eigenvalue weighted by atomic mass is 32.2. The molecule has 0 bridgehead atoms. The van der Waals surface area contributed by atoms with Crippen LogP contribution < -0.4 is 5.32 Å². The number of carbonyl (C=O) groups excluding carboxylic acids is 1. The van der Waals surface area contributed by atoms with Crippen LogP contribution in [0, 0.1) is 5.41 Å². The van der Waals surface area contributed by atoms with Gasteiger partial charge in [-0.1, -0.05) is 6.42 Å². The van der Waals surface area contributed by atoms with Gasteiger partial charge in [0.25, 0.3) is 0 Å². The maximum absolute atomic E-state index is 12.5. The highest BCUT2D eigenvalue weighted by Crippen LogP contribution is 2.42. The van der Waals surface area contributed by atoms with Crippen molar-refractivity contribution in [2.24, 2.45) is 5.41 Å². The zero-order chi connectivity index (χ0) is 17.3. The lowest BCUT2D eigenvalue weighted by Gasteiger charge is -2.39. The van der Waals surface area contributed by atoms with E-state index in [2.05, 4.69) is 5.32 Å². The maximum Gasteiger partial charge on any atom is 0.335 e. The van der Waals surface area contributed by atoms with Gasteiger partial charge < -0.3 is 15.2 Å². The molecule has 1 saturated carbocycles. The van der Waals surface area contributed by atoms with Crippen LogP contribution in [0.4, 0.5) is 5.69 Å². The van der Waals surface area contributed by atoms with Crippen molar-refractivity contribution in [1.82, 2.24) is 0 Å². The Morgan fingerprint density at radius 1 is 1.30 bits per heavy atom. The van der Waals surface area contributed by atoms with Crippen molar-refractivity contribution >= 4 is 27.4 Å². The highest BCUT2D eigenvalue weighted by Gasteiger charge is 2.44. The van der Waals surface area contributed by atoms with Gasteiger partial charge in [0.15, 0.2) is 9.84 Å².